The fraction of sp³-hybridized carbons (Fsp3) is 0.639. The van der Waals surface area contributed by atoms with Crippen molar-refractivity contribution in [2.24, 2.45) is 0 Å². The van der Waals surface area contributed by atoms with Gasteiger partial charge in [0.2, 0.25) is 23.6 Å². The van der Waals surface area contributed by atoms with E-state index in [4.69, 9.17) is 9.47 Å². The molecule has 15 heteroatoms. The van der Waals surface area contributed by atoms with Crippen molar-refractivity contribution >= 4 is 29.5 Å². The zero-order chi connectivity index (χ0) is 37.4. The molecule has 0 aliphatic heterocycles. The summed E-state index contributed by atoms with van der Waals surface area (Å²) in [5.41, 5.74) is 1.39. The lowest BCUT2D eigenvalue weighted by Gasteiger charge is -2.25. The maximum absolute atomic E-state index is 12.8. The normalized spacial score (nSPS) is 14.7. The molecule has 5 amide bonds. The minimum Gasteiger partial charge on any atom is -0.494 e. The number of carbonyl (C=O) groups is 5. The van der Waals surface area contributed by atoms with Crippen LogP contribution in [0.1, 0.15) is 114 Å². The fourth-order valence-electron chi connectivity index (χ4n) is 5.87. The molecule has 282 valence electrons. The van der Waals surface area contributed by atoms with Gasteiger partial charge in [-0.1, -0.05) is 18.1 Å². The zero-order valence-corrected chi connectivity index (χ0v) is 31.0. The Morgan fingerprint density at radius 3 is 2.22 bits per heavy atom. The Labute approximate surface area is 300 Å². The van der Waals surface area contributed by atoms with Gasteiger partial charge in [-0.25, -0.2) is 4.68 Å². The Hall–Kier alpha value is -4.53. The van der Waals surface area contributed by atoms with Crippen molar-refractivity contribution in [1.82, 2.24) is 41.6 Å². The summed E-state index contributed by atoms with van der Waals surface area (Å²) in [6, 6.07) is 6.93. The van der Waals surface area contributed by atoms with Crippen LogP contribution < -0.4 is 31.3 Å². The minimum absolute atomic E-state index is 0.0869. The average molecular weight is 713 g/mol. The van der Waals surface area contributed by atoms with Crippen molar-refractivity contribution in [2.45, 2.75) is 117 Å². The van der Waals surface area contributed by atoms with Crippen LogP contribution in [0, 0.1) is 0 Å². The number of aromatic nitrogens is 3. The smallest absolute Gasteiger partial charge is 0.251 e. The van der Waals surface area contributed by atoms with Gasteiger partial charge in [-0.3, -0.25) is 24.0 Å². The molecule has 1 aromatic heterocycles. The van der Waals surface area contributed by atoms with Gasteiger partial charge in [0.15, 0.2) is 0 Å². The van der Waals surface area contributed by atoms with Gasteiger partial charge in [-0.2, -0.15) is 0 Å². The van der Waals surface area contributed by atoms with Crippen molar-refractivity contribution in [3.8, 4) is 5.75 Å². The summed E-state index contributed by atoms with van der Waals surface area (Å²) >= 11 is 0. The first-order chi connectivity index (χ1) is 24.1. The van der Waals surface area contributed by atoms with E-state index in [0.717, 1.165) is 37.1 Å². The lowest BCUT2D eigenvalue weighted by Crippen LogP contribution is -2.45. The van der Waals surface area contributed by atoms with Crippen LogP contribution in [0.2, 0.25) is 0 Å². The van der Waals surface area contributed by atoms with E-state index in [0.29, 0.717) is 63.2 Å². The lowest BCUT2D eigenvalue weighted by atomic mass is 9.98. The largest absolute Gasteiger partial charge is 0.494 e. The van der Waals surface area contributed by atoms with Crippen LogP contribution in [0.5, 0.6) is 5.75 Å². The first kappa shape index (κ1) is 40.9. The van der Waals surface area contributed by atoms with Crippen LogP contribution in [-0.2, 0) is 36.9 Å². The first-order valence-electron chi connectivity index (χ1n) is 17.8. The van der Waals surface area contributed by atoms with E-state index < -0.39 is 11.4 Å². The highest BCUT2D eigenvalue weighted by Gasteiger charge is 2.26. The Balaban J connectivity index is 1.43. The molecule has 0 fully saturated rings. The number of hydrogen-bond acceptors (Lipinski definition) is 9. The Morgan fingerprint density at radius 2 is 1.53 bits per heavy atom. The maximum atomic E-state index is 12.8. The lowest BCUT2D eigenvalue weighted by molar-refractivity contribution is -0.131. The molecule has 1 atom stereocenters. The van der Waals surface area contributed by atoms with Crippen LogP contribution in [0.25, 0.3) is 0 Å². The Kier molecular flexibility index (Phi) is 15.8. The minimum atomic E-state index is -0.457. The van der Waals surface area contributed by atoms with Gasteiger partial charge in [0.05, 0.1) is 24.5 Å². The molecule has 15 nitrogen and oxygen atoms in total. The Morgan fingerprint density at radius 1 is 0.843 bits per heavy atom. The van der Waals surface area contributed by atoms with E-state index in [-0.39, 0.29) is 48.4 Å². The number of ether oxygens (including phenoxy) is 2. The van der Waals surface area contributed by atoms with E-state index in [1.165, 1.54) is 13.8 Å². The highest BCUT2D eigenvalue weighted by molar-refractivity contribution is 5.94. The predicted molar refractivity (Wildman–Crippen MR) is 191 cm³/mol. The van der Waals surface area contributed by atoms with Crippen molar-refractivity contribution in [3.05, 3.63) is 41.2 Å². The summed E-state index contributed by atoms with van der Waals surface area (Å²) < 4.78 is 13.7. The van der Waals surface area contributed by atoms with Crippen molar-refractivity contribution in [2.75, 3.05) is 32.8 Å². The van der Waals surface area contributed by atoms with Gasteiger partial charge in [0.25, 0.3) is 5.91 Å². The third-order valence-corrected chi connectivity index (χ3v) is 8.44. The topological polar surface area (TPSA) is 195 Å². The number of nitrogens with zero attached hydrogens (tertiary/aromatic N) is 3. The summed E-state index contributed by atoms with van der Waals surface area (Å²) in [6.07, 6.45) is 5.83. The molecule has 5 N–H and O–H groups in total. The third kappa shape index (κ3) is 15.1. The van der Waals surface area contributed by atoms with Crippen molar-refractivity contribution in [1.29, 1.82) is 0 Å². The molecular weight excluding hydrogens is 656 g/mol. The molecule has 1 heterocycles. The van der Waals surface area contributed by atoms with E-state index >= 15 is 0 Å². The average Bonchev–Trinajstić information content (AvgIpc) is 3.42. The highest BCUT2D eigenvalue weighted by Crippen LogP contribution is 2.30. The van der Waals surface area contributed by atoms with Crippen LogP contribution in [0.3, 0.4) is 0 Å². The van der Waals surface area contributed by atoms with E-state index in [1.807, 2.05) is 32.4 Å². The monoisotopic (exact) mass is 712 g/mol. The number of nitrogens with one attached hydrogen (secondary N) is 5. The van der Waals surface area contributed by atoms with Crippen LogP contribution in [-0.4, -0.2) is 88.5 Å². The number of carbonyl (C=O) groups excluding carboxylic acids is 5. The molecule has 51 heavy (non-hydrogen) atoms. The summed E-state index contributed by atoms with van der Waals surface area (Å²) in [4.78, 5) is 60.3. The van der Waals surface area contributed by atoms with Gasteiger partial charge >= 0.3 is 0 Å². The molecule has 0 radical (unpaired) electrons. The summed E-state index contributed by atoms with van der Waals surface area (Å²) in [5.74, 6) is -0.510. The predicted octanol–water partition coefficient (Wildman–Crippen LogP) is 2.49. The Bertz CT molecular complexity index is 1470. The highest BCUT2D eigenvalue weighted by atomic mass is 16.5. The number of amides is 5. The first-order valence-corrected chi connectivity index (χ1v) is 17.8. The molecule has 2 aromatic rings. The molecular formula is C36H56N8O7. The molecule has 3 rings (SSSR count). The number of fused-ring (bicyclic) bond motifs is 1. The molecule has 1 unspecified atom stereocenters. The second kappa shape index (κ2) is 19.8. The van der Waals surface area contributed by atoms with Crippen LogP contribution in [0.4, 0.5) is 0 Å². The number of rotatable bonds is 19. The van der Waals surface area contributed by atoms with Gasteiger partial charge in [0.1, 0.15) is 18.5 Å². The number of hydrogen-bond donors (Lipinski definition) is 5. The van der Waals surface area contributed by atoms with Crippen LogP contribution >= 0.6 is 0 Å². The van der Waals surface area contributed by atoms with E-state index in [1.54, 1.807) is 24.3 Å². The molecule has 0 saturated carbocycles. The summed E-state index contributed by atoms with van der Waals surface area (Å²) in [7, 11) is 0. The quantitative estimate of drug-likeness (QED) is 0.136. The van der Waals surface area contributed by atoms with Crippen LogP contribution in [0.15, 0.2) is 24.3 Å². The fourth-order valence-corrected chi connectivity index (χ4v) is 5.87. The molecule has 1 aliphatic rings. The van der Waals surface area contributed by atoms with Crippen molar-refractivity contribution < 1.29 is 33.4 Å². The zero-order valence-electron chi connectivity index (χ0n) is 31.0. The van der Waals surface area contributed by atoms with Gasteiger partial charge in [-0.05, 0) is 84.1 Å². The molecule has 0 spiro atoms. The second-order valence-corrected chi connectivity index (χ2v) is 14.3. The molecule has 0 saturated heterocycles. The maximum Gasteiger partial charge on any atom is 0.251 e. The third-order valence-electron chi connectivity index (χ3n) is 8.44. The van der Waals surface area contributed by atoms with Gasteiger partial charge in [0, 0.05) is 56.5 Å². The molecule has 1 aromatic carbocycles. The number of benzene rings is 1. The second-order valence-electron chi connectivity index (χ2n) is 14.3. The standard InChI is InChI=1S/C36H56N8O7/c1-25(45)40-35(3,4)17-20-37-31(47)23-39-32(48)24-51-30-12-9-7-8-11-29-33(30)44(43-42-29)21-10-19-38-34(49)27-13-15-28(16-14-27)50-22-18-36(5,6)41-26(2)46/h13-16,30H,7-12,17-24H2,1-6H3,(H,37,47)(H,38,49)(H,39,48)(H,40,45)(H,41,46). The van der Waals surface area contributed by atoms with Gasteiger partial charge in [-0.15, -0.1) is 5.10 Å². The molecule has 0 bridgehead atoms. The van der Waals surface area contributed by atoms with Gasteiger partial charge < -0.3 is 36.1 Å². The number of aryl methyl sites for hydroxylation is 2. The summed E-state index contributed by atoms with van der Waals surface area (Å²) in [6.45, 7) is 11.9. The summed E-state index contributed by atoms with van der Waals surface area (Å²) in [5, 5.41) is 22.8. The van der Waals surface area contributed by atoms with Crippen molar-refractivity contribution in [3.63, 3.8) is 0 Å². The molecule has 1 aliphatic carbocycles. The SMILES string of the molecule is CC(=O)NC(C)(C)CCNC(=O)CNC(=O)COC1CCCCCc2nnn(CCCNC(=O)c3ccc(OCCC(C)(C)NC(C)=O)cc3)c21. The van der Waals surface area contributed by atoms with E-state index in [9.17, 15) is 24.0 Å². The van der Waals surface area contributed by atoms with E-state index in [2.05, 4.69) is 36.9 Å².